The average molecular weight is 744 g/mol. The maximum Gasteiger partial charge on any atom is 0.188 e. The van der Waals surface area contributed by atoms with E-state index in [1.807, 2.05) is 0 Å². The first-order chi connectivity index (χ1) is 23.9. The van der Waals surface area contributed by atoms with Gasteiger partial charge in [0.1, 0.15) is 85.3 Å². The number of nitrogens with one attached hydrogen (secondary N) is 1. The first-order valence-electron chi connectivity index (χ1n) is 15.9. The van der Waals surface area contributed by atoms with Crippen LogP contribution in [0, 0.1) is 0 Å². The molecule has 3 aliphatic heterocycles. The number of aliphatic imine (C=N–C) groups is 2. The Hall–Kier alpha value is -2.47. The summed E-state index contributed by atoms with van der Waals surface area (Å²) in [5.41, 5.74) is 19.4. The topological polar surface area (TPSA) is 416 Å². The number of aldehydes is 1. The summed E-state index contributed by atoms with van der Waals surface area (Å²) in [6.07, 6.45) is -27.0. The molecular formula is C27H49N7O17. The Bertz CT molecular complexity index is 1230. The molecule has 51 heavy (non-hydrogen) atoms. The summed E-state index contributed by atoms with van der Waals surface area (Å²) in [6.45, 7) is -0.340. The van der Waals surface area contributed by atoms with Gasteiger partial charge in [0.2, 0.25) is 0 Å². The molecule has 24 heteroatoms. The quantitative estimate of drug-likeness (QED) is 0.0501. The van der Waals surface area contributed by atoms with E-state index in [1.54, 1.807) is 0 Å². The zero-order valence-electron chi connectivity index (χ0n) is 27.5. The van der Waals surface area contributed by atoms with Crippen LogP contribution < -0.4 is 28.3 Å². The molecule has 3 heterocycles. The molecule has 19 N–H and O–H groups in total. The van der Waals surface area contributed by atoms with E-state index >= 15 is 0 Å². The monoisotopic (exact) mass is 743 g/mol. The number of nitrogens with two attached hydrogens (primary N) is 4. The Labute approximate surface area is 290 Å². The molecule has 0 aromatic heterocycles. The van der Waals surface area contributed by atoms with E-state index < -0.39 is 147 Å². The van der Waals surface area contributed by atoms with Gasteiger partial charge in [-0.25, -0.2) is 9.98 Å². The second-order valence-electron chi connectivity index (χ2n) is 12.7. The van der Waals surface area contributed by atoms with Gasteiger partial charge >= 0.3 is 0 Å². The summed E-state index contributed by atoms with van der Waals surface area (Å²) in [4.78, 5) is 20.0. The number of guanidine groups is 2. The SMILES string of the molecule is CN[C@@H]1[C@H](O[C@H]2[C@H](O[C@@H]3[C@@H](O)[C@H](O)[C@@H](N=C(N)N)[C@@H](O)[C@H]3N=C(N)N)O[C@@H](C)[C@]2(O)C=O)O[C@@H](CO)[C@H](O[C@H]2O[C@@H](CO)[C@@H](O)[C@H](O)[C@@H]2O)[C@H]1O. The normalized spacial score (nSPS) is 48.9. The summed E-state index contributed by atoms with van der Waals surface area (Å²) in [7, 11) is 1.36. The van der Waals surface area contributed by atoms with Gasteiger partial charge in [0.05, 0.1) is 25.4 Å². The Balaban J connectivity index is 1.61. The fourth-order valence-electron chi connectivity index (χ4n) is 6.57. The van der Waals surface area contributed by atoms with Gasteiger partial charge in [0.15, 0.2) is 42.7 Å². The fourth-order valence-corrected chi connectivity index (χ4v) is 6.57. The fraction of sp³-hybridized carbons (Fsp3) is 0.889. The van der Waals surface area contributed by atoms with Crippen LogP contribution >= 0.6 is 0 Å². The molecule has 1 aliphatic carbocycles. The van der Waals surface area contributed by atoms with E-state index in [4.69, 9.17) is 51.4 Å². The van der Waals surface area contributed by atoms with Crippen molar-refractivity contribution in [3.63, 3.8) is 0 Å². The van der Waals surface area contributed by atoms with Crippen LogP contribution in [0.1, 0.15) is 6.92 Å². The van der Waals surface area contributed by atoms with Crippen LogP contribution in [-0.4, -0.2) is 211 Å². The molecule has 0 aromatic rings. The highest BCUT2D eigenvalue weighted by molar-refractivity contribution is 5.76. The van der Waals surface area contributed by atoms with Crippen molar-refractivity contribution in [2.75, 3.05) is 20.3 Å². The predicted molar refractivity (Wildman–Crippen MR) is 166 cm³/mol. The van der Waals surface area contributed by atoms with E-state index in [0.29, 0.717) is 0 Å². The van der Waals surface area contributed by atoms with E-state index in [-0.39, 0.29) is 6.29 Å². The van der Waals surface area contributed by atoms with Gasteiger partial charge in [-0.05, 0) is 14.0 Å². The minimum Gasteiger partial charge on any atom is -0.394 e. The molecule has 294 valence electrons. The van der Waals surface area contributed by atoms with E-state index in [9.17, 15) is 55.9 Å². The second kappa shape index (κ2) is 16.7. The first kappa shape index (κ1) is 41.3. The number of carbonyl (C=O) groups excluding carboxylic acids is 1. The van der Waals surface area contributed by atoms with Crippen molar-refractivity contribution in [2.45, 2.75) is 129 Å². The van der Waals surface area contributed by atoms with Gasteiger partial charge in [-0.3, -0.25) is 4.79 Å². The third kappa shape index (κ3) is 8.06. The van der Waals surface area contributed by atoms with Crippen molar-refractivity contribution in [3.05, 3.63) is 0 Å². The number of ether oxygens (including phenoxy) is 6. The van der Waals surface area contributed by atoms with Crippen molar-refractivity contribution in [2.24, 2.45) is 32.9 Å². The highest BCUT2D eigenvalue weighted by atomic mass is 16.8. The summed E-state index contributed by atoms with van der Waals surface area (Å²) in [5, 5.41) is 109. The van der Waals surface area contributed by atoms with Gasteiger partial charge in [-0.15, -0.1) is 0 Å². The molecule has 20 atom stereocenters. The molecule has 1 saturated carbocycles. The van der Waals surface area contributed by atoms with Gasteiger partial charge < -0.3 is 108 Å². The van der Waals surface area contributed by atoms with E-state index in [2.05, 4.69) is 15.3 Å². The van der Waals surface area contributed by atoms with Crippen molar-refractivity contribution in [3.8, 4) is 0 Å². The minimum atomic E-state index is -2.50. The van der Waals surface area contributed by atoms with Gasteiger partial charge in [-0.1, -0.05) is 0 Å². The number of likely N-dealkylation sites (N-methyl/N-ethyl adjacent to an activating group) is 1. The summed E-state index contributed by atoms with van der Waals surface area (Å²) >= 11 is 0. The summed E-state index contributed by atoms with van der Waals surface area (Å²) in [5.74, 6) is -1.11. The number of aliphatic hydroxyl groups is 10. The predicted octanol–water partition coefficient (Wildman–Crippen LogP) is -10.3. The third-order valence-corrected chi connectivity index (χ3v) is 9.45. The molecule has 0 unspecified atom stereocenters. The van der Waals surface area contributed by atoms with Crippen molar-refractivity contribution < 1.29 is 84.3 Å². The van der Waals surface area contributed by atoms with Crippen molar-refractivity contribution in [1.29, 1.82) is 0 Å². The average Bonchev–Trinajstić information content (AvgIpc) is 3.32. The molecule has 0 amide bonds. The minimum absolute atomic E-state index is 0.0944. The third-order valence-electron chi connectivity index (χ3n) is 9.45. The van der Waals surface area contributed by atoms with Crippen LogP contribution in [0.15, 0.2) is 9.98 Å². The maximum atomic E-state index is 12.3. The lowest BCUT2D eigenvalue weighted by molar-refractivity contribution is -0.357. The number of rotatable bonds is 12. The standard InChI is InChI=1S/C27H49N7O17/c1-6-27(45,5-37)21(24(46-6)50-20-10(34-26(30)31)13(39)9(33-25(28)29)14(40)17(20)43)51-22-11(32-2)15(41)19(8(4-36)48-22)49-23-18(44)16(42)12(38)7(3-35)47-23/h5-24,32,35-36,38-45H,3-4H2,1-2H3,(H4,28,29,33)(H4,30,31,34)/t6-,7-,8-,9-,10+,11-,12+,13+,14+,15-,16-,17-,18-,19-,20-,21-,22-,23+,24-,27+/m0/s1. The second-order valence-corrected chi connectivity index (χ2v) is 12.7. The summed E-state index contributed by atoms with van der Waals surface area (Å²) in [6, 6.07) is -4.40. The Morgan fingerprint density at radius 3 is 1.82 bits per heavy atom. The smallest absolute Gasteiger partial charge is 0.188 e. The number of hydrogen-bond acceptors (Lipinski definition) is 20. The van der Waals surface area contributed by atoms with Gasteiger partial charge in [0, 0.05) is 0 Å². The molecule has 0 bridgehead atoms. The van der Waals surface area contributed by atoms with Crippen LogP contribution in [-0.2, 0) is 33.2 Å². The molecule has 4 fully saturated rings. The first-order valence-corrected chi connectivity index (χ1v) is 15.9. The number of carbonyl (C=O) groups is 1. The molecule has 0 radical (unpaired) electrons. The lowest BCUT2D eigenvalue weighted by atomic mass is 9.81. The summed E-state index contributed by atoms with van der Waals surface area (Å²) < 4.78 is 34.6. The molecule has 0 spiro atoms. The number of hydrogen-bond donors (Lipinski definition) is 15. The Kier molecular flexibility index (Phi) is 13.5. The molecule has 24 nitrogen and oxygen atoms in total. The van der Waals surface area contributed by atoms with Gasteiger partial charge in [-0.2, -0.15) is 0 Å². The van der Waals surface area contributed by atoms with Gasteiger partial charge in [0.25, 0.3) is 0 Å². The van der Waals surface area contributed by atoms with Crippen LogP contribution in [0.3, 0.4) is 0 Å². The molecule has 0 aromatic carbocycles. The Morgan fingerprint density at radius 2 is 1.27 bits per heavy atom. The van der Waals surface area contributed by atoms with E-state index in [0.717, 1.165) is 0 Å². The molecule has 4 rings (SSSR count). The highest BCUT2D eigenvalue weighted by Gasteiger charge is 2.61. The lowest BCUT2D eigenvalue weighted by Gasteiger charge is -2.48. The number of nitrogens with zero attached hydrogens (tertiary/aromatic N) is 2. The van der Waals surface area contributed by atoms with Crippen LogP contribution in [0.25, 0.3) is 0 Å². The molecular weight excluding hydrogens is 694 g/mol. The van der Waals surface area contributed by atoms with Crippen LogP contribution in [0.2, 0.25) is 0 Å². The lowest BCUT2D eigenvalue weighted by Crippen LogP contribution is -2.68. The Morgan fingerprint density at radius 1 is 0.706 bits per heavy atom. The zero-order valence-corrected chi connectivity index (χ0v) is 27.5. The largest absolute Gasteiger partial charge is 0.394 e. The van der Waals surface area contributed by atoms with E-state index in [1.165, 1.54) is 14.0 Å². The number of aliphatic hydroxyl groups excluding tert-OH is 9. The van der Waals surface area contributed by atoms with Crippen LogP contribution in [0.4, 0.5) is 0 Å². The van der Waals surface area contributed by atoms with Crippen LogP contribution in [0.5, 0.6) is 0 Å². The zero-order chi connectivity index (χ0) is 38.1. The molecule has 4 aliphatic rings. The maximum absolute atomic E-state index is 12.3. The van der Waals surface area contributed by atoms with Crippen molar-refractivity contribution >= 4 is 18.2 Å². The molecule has 3 saturated heterocycles. The van der Waals surface area contributed by atoms with Crippen molar-refractivity contribution in [1.82, 2.24) is 5.32 Å². The highest BCUT2D eigenvalue weighted by Crippen LogP contribution is 2.39.